The van der Waals surface area contributed by atoms with Crippen molar-refractivity contribution >= 4 is 46.9 Å². The molecule has 0 bridgehead atoms. The number of aromatic nitrogens is 12. The first-order valence-corrected chi connectivity index (χ1v) is 38.4. The van der Waals surface area contributed by atoms with E-state index in [9.17, 15) is 25.3 Å². The zero-order chi connectivity index (χ0) is 72.3. The summed E-state index contributed by atoms with van der Waals surface area (Å²) >= 11 is 1.54. The number of nitrogens with zero attached hydrogens (tertiary/aromatic N) is 14. The number of nitrogens with one attached hydrogen (secondary N) is 2. The van der Waals surface area contributed by atoms with Crippen LogP contribution < -0.4 is 21.3 Å². The number of likely N-dealkylation sites (N-methyl/N-ethyl adjacent to an activating group) is 1. The molecule has 0 spiro atoms. The fraction of sp³-hybridized carbons (Fsp3) is 0.352. The third kappa shape index (κ3) is 17.9. The molecule has 4 N–H and O–H groups in total. The van der Waals surface area contributed by atoms with E-state index in [4.69, 9.17) is 24.0 Å². The predicted octanol–water partition coefficient (Wildman–Crippen LogP) is 12.2. The Morgan fingerprint density at radius 1 is 0.554 bits per heavy atom. The molecule has 0 saturated carbocycles. The number of piperidine rings is 1. The molecule has 1 saturated heterocycles. The molecule has 11 aromatic rings. The highest BCUT2D eigenvalue weighted by atomic mass is 32.2. The zero-order valence-corrected chi connectivity index (χ0v) is 61.7. The van der Waals surface area contributed by atoms with Crippen LogP contribution in [0.4, 0.5) is 6.01 Å². The third-order valence-electron chi connectivity index (χ3n) is 16.7. The molecule has 1 atom stereocenters. The van der Waals surface area contributed by atoms with Crippen LogP contribution in [0, 0.1) is 26.7 Å². The maximum absolute atomic E-state index is 12.4. The molecular weight excluding hydrogens is 1360 g/mol. The topological polar surface area (TPSA) is 353 Å². The van der Waals surface area contributed by atoms with Crippen LogP contribution in [0.1, 0.15) is 89.7 Å². The molecule has 1 aliphatic rings. The van der Waals surface area contributed by atoms with E-state index in [0.29, 0.717) is 87.4 Å². The summed E-state index contributed by atoms with van der Waals surface area (Å²) in [5, 5.41) is 32.3. The zero-order valence-electron chi connectivity index (χ0n) is 58.4. The Bertz CT molecular complexity index is 4990. The van der Waals surface area contributed by atoms with Gasteiger partial charge in [0, 0.05) is 68.7 Å². The molecule has 26 nitrogen and oxygen atoms in total. The van der Waals surface area contributed by atoms with Crippen LogP contribution in [0.3, 0.4) is 0 Å². The van der Waals surface area contributed by atoms with Crippen molar-refractivity contribution in [2.24, 2.45) is 11.7 Å². The van der Waals surface area contributed by atoms with E-state index in [2.05, 4.69) is 90.0 Å². The first kappa shape index (κ1) is 74.4. The van der Waals surface area contributed by atoms with Crippen molar-refractivity contribution in [2.45, 2.75) is 119 Å². The van der Waals surface area contributed by atoms with Gasteiger partial charge in [-0.2, -0.15) is 0 Å². The standard InChI is InChI=1S/C27H32N6O3S.C22H28N6O3S.C22H23N5O3S2.5H2/c1-18(2)37(34,35)23-12-10-21(11-13-23)24-17-29-19(3)25(30-24)27-32-31-26(36-27)22-8-6-20(7-9-22)16-28-14-15-33(4)5;1-14(2)32(29,30)18-8-6-17(7-9-18)19-12-24-15(3)20(25-19)21-26-27-22(31-21)28-10-4-5-16(11-23)13-28;1-13(2)32(28,29)17-7-5-16(6-8-17)18-11-24-14(3)20(25-18)22-27-26-21(30-22)19-9-15(10-23-4)12-31-19;;;;;/h6-13,17-18,28H,14-16H2,1-5H3;6-9,12,14,16H,4-5,10-11,13,23H2,1-3H3;5-9,11-13,23H,10H2,1-4H3;5*1H. The predicted molar refractivity (Wildman–Crippen MR) is 400 cm³/mol. The van der Waals surface area contributed by atoms with E-state index >= 15 is 0 Å². The van der Waals surface area contributed by atoms with Crippen molar-refractivity contribution in [3.05, 3.63) is 155 Å². The SMILES string of the molecule is CNCc1csc(-c2nnc(-c3nc(-c4ccc(S(=O)(=O)C(C)C)cc4)cnc3C)o2)c1.Cc1ncc(-c2ccc(S(=O)(=O)C(C)C)cc2)nc1-c1nnc(-c2ccc(CNCCN(C)C)cc2)o1.Cc1ncc(-c2ccc(S(=O)(=O)C(C)C)cc2)nc1-c1nnc(N2CCCC(CN)C2)o1.[HH].[HH].[HH].[HH].[HH]. The van der Waals surface area contributed by atoms with Crippen LogP contribution in [0.25, 0.3) is 90.7 Å². The molecule has 1 aliphatic heterocycles. The molecule has 1 unspecified atom stereocenters. The van der Waals surface area contributed by atoms with Gasteiger partial charge in [0.1, 0.15) is 17.1 Å². The number of sulfone groups is 3. The highest BCUT2D eigenvalue weighted by Gasteiger charge is 2.27. The Labute approximate surface area is 600 Å². The number of nitrogens with two attached hydrogens (primary N) is 1. The summed E-state index contributed by atoms with van der Waals surface area (Å²) in [4.78, 5) is 33.3. The van der Waals surface area contributed by atoms with Crippen molar-refractivity contribution in [3.8, 4) is 90.7 Å². The quantitative estimate of drug-likeness (QED) is 0.0501. The second kappa shape index (κ2) is 32.6. The lowest BCUT2D eigenvalue weighted by Gasteiger charge is -2.30. The molecule has 0 radical (unpaired) electrons. The highest BCUT2D eigenvalue weighted by Crippen LogP contribution is 2.34. The van der Waals surface area contributed by atoms with E-state index in [1.807, 2.05) is 63.5 Å². The molecule has 540 valence electrons. The van der Waals surface area contributed by atoms with Crippen LogP contribution in [0.5, 0.6) is 0 Å². The molecule has 30 heteroatoms. The second-order valence-electron chi connectivity index (χ2n) is 25.4. The van der Waals surface area contributed by atoms with Crippen LogP contribution in [0.15, 0.2) is 155 Å². The molecule has 7 aromatic heterocycles. The highest BCUT2D eigenvalue weighted by molar-refractivity contribution is 7.92. The molecule has 0 aliphatic carbocycles. The Kier molecular flexibility index (Phi) is 24.0. The van der Waals surface area contributed by atoms with Gasteiger partial charge in [0.05, 0.1) is 88.1 Å². The minimum absolute atomic E-state index is 0. The van der Waals surface area contributed by atoms with Gasteiger partial charge in [-0.25, -0.2) is 40.2 Å². The Hall–Kier alpha value is -9.27. The monoisotopic (exact) mass is 1460 g/mol. The van der Waals surface area contributed by atoms with Crippen LogP contribution in [-0.2, 0) is 42.6 Å². The van der Waals surface area contributed by atoms with E-state index in [-0.39, 0.29) is 33.6 Å². The van der Waals surface area contributed by atoms with Gasteiger partial charge in [-0.3, -0.25) is 15.0 Å². The first-order valence-electron chi connectivity index (χ1n) is 32.9. The van der Waals surface area contributed by atoms with Crippen LogP contribution in [0.2, 0.25) is 0 Å². The summed E-state index contributed by atoms with van der Waals surface area (Å²) in [6.07, 6.45) is 7.09. The summed E-state index contributed by atoms with van der Waals surface area (Å²) in [5.41, 5.74) is 16.4. The van der Waals surface area contributed by atoms with Crippen molar-refractivity contribution in [1.29, 1.82) is 0 Å². The maximum atomic E-state index is 12.4. The lowest BCUT2D eigenvalue weighted by molar-refractivity contribution is 0.400. The fourth-order valence-electron chi connectivity index (χ4n) is 10.4. The minimum atomic E-state index is -3.34. The average molecular weight is 1460 g/mol. The summed E-state index contributed by atoms with van der Waals surface area (Å²) in [6.45, 7) is 21.2. The van der Waals surface area contributed by atoms with E-state index < -0.39 is 45.3 Å². The van der Waals surface area contributed by atoms with E-state index in [1.165, 1.54) is 16.9 Å². The van der Waals surface area contributed by atoms with E-state index in [0.717, 1.165) is 84.8 Å². The van der Waals surface area contributed by atoms with Gasteiger partial charge < -0.3 is 39.4 Å². The second-order valence-corrected chi connectivity index (χ2v) is 33.8. The smallest absolute Gasteiger partial charge is 0.318 e. The Morgan fingerprint density at radius 3 is 1.41 bits per heavy atom. The fourth-order valence-corrected chi connectivity index (χ4v) is 14.5. The van der Waals surface area contributed by atoms with Crippen molar-refractivity contribution in [1.82, 2.24) is 76.0 Å². The van der Waals surface area contributed by atoms with Crippen molar-refractivity contribution < 1.29 is 45.6 Å². The molecule has 12 rings (SSSR count). The largest absolute Gasteiger partial charge is 0.415 e. The molecule has 4 aromatic carbocycles. The lowest BCUT2D eigenvalue weighted by atomic mass is 9.99. The van der Waals surface area contributed by atoms with Gasteiger partial charge in [-0.1, -0.05) is 53.6 Å². The molecular formula is C71H93N17O9S4. The maximum Gasteiger partial charge on any atom is 0.318 e. The van der Waals surface area contributed by atoms with Gasteiger partial charge in [0.2, 0.25) is 5.89 Å². The number of thiophene rings is 1. The minimum Gasteiger partial charge on any atom is -0.415 e. The molecule has 101 heavy (non-hydrogen) atoms. The normalized spacial score (nSPS) is 13.6. The van der Waals surface area contributed by atoms with Gasteiger partial charge in [0.25, 0.3) is 23.6 Å². The lowest BCUT2D eigenvalue weighted by Crippen LogP contribution is -2.38. The third-order valence-corrected chi connectivity index (χ3v) is 24.1. The average Bonchev–Trinajstić information content (AvgIpc) is 1.53. The molecule has 0 amide bonds. The molecule has 1 fully saturated rings. The van der Waals surface area contributed by atoms with Crippen molar-refractivity contribution in [2.75, 3.05) is 58.8 Å². The Balaban J connectivity index is 0.000000280. The van der Waals surface area contributed by atoms with Gasteiger partial charge in [-0.05, 0) is 180 Å². The summed E-state index contributed by atoms with van der Waals surface area (Å²) < 4.78 is 92.1. The number of aryl methyl sites for hydroxylation is 3. The number of rotatable bonds is 23. The first-order chi connectivity index (χ1) is 48.2. The summed E-state index contributed by atoms with van der Waals surface area (Å²) in [6, 6.07) is 30.4. The summed E-state index contributed by atoms with van der Waals surface area (Å²) in [7, 11) is -4.00. The van der Waals surface area contributed by atoms with Crippen LogP contribution >= 0.6 is 11.3 Å². The Morgan fingerprint density at radius 2 is 0.970 bits per heavy atom. The van der Waals surface area contributed by atoms with Crippen molar-refractivity contribution in [3.63, 3.8) is 0 Å². The van der Waals surface area contributed by atoms with Gasteiger partial charge in [0.15, 0.2) is 29.5 Å². The van der Waals surface area contributed by atoms with E-state index in [1.54, 1.807) is 133 Å². The summed E-state index contributed by atoms with van der Waals surface area (Å²) in [5.74, 6) is 2.12. The number of hydrogen-bond acceptors (Lipinski definition) is 27. The number of hydrogen-bond donors (Lipinski definition) is 3. The van der Waals surface area contributed by atoms with Gasteiger partial charge >= 0.3 is 6.01 Å². The number of benzene rings is 4. The van der Waals surface area contributed by atoms with Gasteiger partial charge in [-0.15, -0.1) is 36.8 Å². The molecule has 8 heterocycles. The number of anilines is 1. The van der Waals surface area contributed by atoms with Crippen LogP contribution in [-0.4, -0.2) is 160 Å².